The van der Waals surface area contributed by atoms with E-state index < -0.39 is 0 Å². The molecule has 1 aromatic carbocycles. The number of thiazole rings is 1. The Labute approximate surface area is 117 Å². The van der Waals surface area contributed by atoms with E-state index >= 15 is 0 Å². The number of rotatable bonds is 3. The molecule has 6 heteroatoms. The van der Waals surface area contributed by atoms with Gasteiger partial charge in [-0.3, -0.25) is 9.78 Å². The average Bonchev–Trinajstić information content (AvgIpc) is 2.79. The second kappa shape index (κ2) is 4.95. The quantitative estimate of drug-likeness (QED) is 0.685. The van der Waals surface area contributed by atoms with Crippen LogP contribution in [-0.2, 0) is 0 Å². The lowest BCUT2D eigenvalue weighted by molar-refractivity contribution is 0.112. The summed E-state index contributed by atoms with van der Waals surface area (Å²) in [7, 11) is 0. The van der Waals surface area contributed by atoms with E-state index in [9.17, 15) is 4.79 Å². The molecule has 0 aliphatic carbocycles. The van der Waals surface area contributed by atoms with Gasteiger partial charge in [-0.05, 0) is 24.3 Å². The minimum absolute atomic E-state index is 0.161. The summed E-state index contributed by atoms with van der Waals surface area (Å²) in [5.74, 6) is 0.633. The Morgan fingerprint density at radius 3 is 2.95 bits per heavy atom. The molecule has 2 heterocycles. The summed E-state index contributed by atoms with van der Waals surface area (Å²) >= 11 is 6.91. The summed E-state index contributed by atoms with van der Waals surface area (Å²) in [4.78, 5) is 19.3. The number of hydrogen-bond acceptors (Lipinski definition) is 5. The van der Waals surface area contributed by atoms with E-state index in [4.69, 9.17) is 16.3 Å². The van der Waals surface area contributed by atoms with Crippen molar-refractivity contribution < 1.29 is 9.53 Å². The van der Waals surface area contributed by atoms with Crippen molar-refractivity contribution in [3.63, 3.8) is 0 Å². The Morgan fingerprint density at radius 2 is 2.16 bits per heavy atom. The number of benzene rings is 1. The topological polar surface area (TPSA) is 52.1 Å². The maximum absolute atomic E-state index is 10.7. The molecule has 0 aliphatic heterocycles. The van der Waals surface area contributed by atoms with Crippen molar-refractivity contribution in [2.45, 2.75) is 0 Å². The van der Waals surface area contributed by atoms with Gasteiger partial charge in [0.2, 0.25) is 0 Å². The molecule has 0 radical (unpaired) electrons. The number of carbonyl (C=O) groups excluding carboxylic acids is 1. The van der Waals surface area contributed by atoms with Crippen molar-refractivity contribution in [3.05, 3.63) is 46.6 Å². The van der Waals surface area contributed by atoms with Gasteiger partial charge in [0, 0.05) is 11.6 Å². The van der Waals surface area contributed by atoms with Gasteiger partial charge < -0.3 is 4.74 Å². The molecule has 0 aliphatic rings. The lowest BCUT2D eigenvalue weighted by Crippen LogP contribution is -1.86. The van der Waals surface area contributed by atoms with E-state index in [1.807, 2.05) is 30.3 Å². The van der Waals surface area contributed by atoms with Gasteiger partial charge in [0.25, 0.3) is 5.19 Å². The number of carbonyl (C=O) groups is 1. The Kier molecular flexibility index (Phi) is 3.15. The van der Waals surface area contributed by atoms with Crippen LogP contribution in [-0.4, -0.2) is 16.3 Å². The second-order valence-corrected chi connectivity index (χ2v) is 5.03. The van der Waals surface area contributed by atoms with Crippen LogP contribution in [0.5, 0.6) is 10.9 Å². The van der Waals surface area contributed by atoms with Crippen LogP contribution in [0.2, 0.25) is 5.15 Å². The Bertz CT molecular complexity index is 752. The molecule has 0 N–H and O–H groups in total. The molecular formula is C13H7ClN2O2S. The lowest BCUT2D eigenvalue weighted by atomic mass is 10.2. The van der Waals surface area contributed by atoms with Crippen molar-refractivity contribution in [2.24, 2.45) is 0 Å². The zero-order valence-electron chi connectivity index (χ0n) is 9.54. The van der Waals surface area contributed by atoms with Gasteiger partial charge >= 0.3 is 0 Å². The minimum Gasteiger partial charge on any atom is -0.430 e. The molecule has 0 spiro atoms. The molecule has 3 aromatic rings. The summed E-state index contributed by atoms with van der Waals surface area (Å²) in [6.07, 6.45) is 2.38. The number of fused-ring (bicyclic) bond motifs is 1. The third-order valence-corrected chi connectivity index (χ3v) is 3.76. The van der Waals surface area contributed by atoms with Gasteiger partial charge in [-0.2, -0.15) is 4.98 Å². The predicted molar refractivity (Wildman–Crippen MR) is 74.3 cm³/mol. The fourth-order valence-electron chi connectivity index (χ4n) is 1.67. The first-order valence-electron chi connectivity index (χ1n) is 5.41. The monoisotopic (exact) mass is 290 g/mol. The van der Waals surface area contributed by atoms with Crippen LogP contribution in [0, 0.1) is 0 Å². The number of aldehydes is 1. The van der Waals surface area contributed by atoms with Crippen molar-refractivity contribution in [2.75, 3.05) is 0 Å². The zero-order valence-corrected chi connectivity index (χ0v) is 11.1. The normalized spacial score (nSPS) is 10.6. The summed E-state index contributed by atoms with van der Waals surface area (Å²) in [5, 5.41) is 1.38. The van der Waals surface area contributed by atoms with Crippen molar-refractivity contribution in [1.82, 2.24) is 9.97 Å². The number of pyridine rings is 1. The largest absolute Gasteiger partial charge is 0.430 e. The highest BCUT2D eigenvalue weighted by Gasteiger charge is 2.11. The van der Waals surface area contributed by atoms with Crippen LogP contribution < -0.4 is 4.74 Å². The highest BCUT2D eigenvalue weighted by atomic mass is 35.5. The maximum Gasteiger partial charge on any atom is 0.280 e. The molecule has 2 aromatic heterocycles. The summed E-state index contributed by atoms with van der Waals surface area (Å²) in [6, 6.07) is 9.31. The first kappa shape index (κ1) is 12.1. The van der Waals surface area contributed by atoms with Crippen LogP contribution in [0.15, 0.2) is 36.5 Å². The van der Waals surface area contributed by atoms with E-state index in [0.29, 0.717) is 22.1 Å². The van der Waals surface area contributed by atoms with E-state index in [1.54, 1.807) is 6.20 Å². The first-order chi connectivity index (χ1) is 9.28. The number of hydrogen-bond donors (Lipinski definition) is 0. The number of aromatic nitrogens is 2. The first-order valence-corrected chi connectivity index (χ1v) is 6.60. The fourth-order valence-corrected chi connectivity index (χ4v) is 2.59. The van der Waals surface area contributed by atoms with Crippen molar-refractivity contribution in [3.8, 4) is 10.9 Å². The smallest absolute Gasteiger partial charge is 0.280 e. The molecule has 0 amide bonds. The van der Waals surface area contributed by atoms with Crippen LogP contribution in [0.1, 0.15) is 9.67 Å². The molecule has 19 heavy (non-hydrogen) atoms. The zero-order chi connectivity index (χ0) is 13.2. The van der Waals surface area contributed by atoms with Gasteiger partial charge in [0.1, 0.15) is 10.6 Å². The summed E-state index contributed by atoms with van der Waals surface area (Å²) in [5.41, 5.74) is 0.832. The highest BCUT2D eigenvalue weighted by molar-refractivity contribution is 7.15. The molecule has 0 bridgehead atoms. The average molecular weight is 291 g/mol. The highest BCUT2D eigenvalue weighted by Crippen LogP contribution is 2.33. The Morgan fingerprint density at radius 1 is 1.26 bits per heavy atom. The van der Waals surface area contributed by atoms with Gasteiger partial charge in [0.05, 0.1) is 5.52 Å². The van der Waals surface area contributed by atoms with Crippen LogP contribution in [0.3, 0.4) is 0 Å². The standard InChI is InChI=1S/C13H7ClN2O2S/c14-12-11(7-17)19-13(16-12)18-10-5-1-4-9-8(10)3-2-6-15-9/h1-7H. The maximum atomic E-state index is 10.7. The number of halogens is 1. The lowest BCUT2D eigenvalue weighted by Gasteiger charge is -2.04. The van der Waals surface area contributed by atoms with Gasteiger partial charge in [-0.25, -0.2) is 0 Å². The van der Waals surface area contributed by atoms with Crippen molar-refractivity contribution >= 4 is 40.1 Å². The third kappa shape index (κ3) is 2.30. The summed E-state index contributed by atoms with van der Waals surface area (Å²) in [6.45, 7) is 0. The van der Waals surface area contributed by atoms with Crippen molar-refractivity contribution in [1.29, 1.82) is 0 Å². The summed E-state index contributed by atoms with van der Waals surface area (Å²) < 4.78 is 5.68. The minimum atomic E-state index is 0.161. The Hall–Kier alpha value is -1.98. The van der Waals surface area contributed by atoms with Gasteiger partial charge in [-0.15, -0.1) is 0 Å². The molecule has 3 rings (SSSR count). The molecule has 4 nitrogen and oxygen atoms in total. The van der Waals surface area contributed by atoms with E-state index in [1.165, 1.54) is 0 Å². The molecule has 0 saturated heterocycles. The van der Waals surface area contributed by atoms with Crippen LogP contribution in [0.4, 0.5) is 0 Å². The number of ether oxygens (including phenoxy) is 1. The third-order valence-electron chi connectivity index (χ3n) is 2.50. The van der Waals surface area contributed by atoms with Gasteiger partial charge in [0.15, 0.2) is 11.4 Å². The van der Waals surface area contributed by atoms with Crippen LogP contribution >= 0.6 is 22.9 Å². The van der Waals surface area contributed by atoms with E-state index in [-0.39, 0.29) is 5.15 Å². The predicted octanol–water partition coefficient (Wildman–Crippen LogP) is 3.95. The van der Waals surface area contributed by atoms with E-state index in [0.717, 1.165) is 22.2 Å². The van der Waals surface area contributed by atoms with Gasteiger partial charge in [-0.1, -0.05) is 29.0 Å². The SMILES string of the molecule is O=Cc1sc(Oc2cccc3ncccc23)nc1Cl. The molecule has 0 saturated carbocycles. The molecule has 0 unspecified atom stereocenters. The molecule has 0 atom stereocenters. The van der Waals surface area contributed by atoms with E-state index in [2.05, 4.69) is 9.97 Å². The second-order valence-electron chi connectivity index (χ2n) is 3.68. The fraction of sp³-hybridized carbons (Fsp3) is 0. The Balaban J connectivity index is 2.03. The molecule has 0 fully saturated rings. The number of nitrogens with zero attached hydrogens (tertiary/aromatic N) is 2. The molecular weight excluding hydrogens is 284 g/mol. The molecule has 94 valence electrons. The van der Waals surface area contributed by atoms with Crippen LogP contribution in [0.25, 0.3) is 10.9 Å².